The normalized spacial score (nSPS) is 28.4. The maximum absolute atomic E-state index is 5.56. The van der Waals surface area contributed by atoms with Crippen molar-refractivity contribution in [2.45, 2.75) is 58.5 Å². The summed E-state index contributed by atoms with van der Waals surface area (Å²) in [5.74, 6) is 3.34. The summed E-state index contributed by atoms with van der Waals surface area (Å²) in [4.78, 5) is 8.63. The molecule has 124 valence electrons. The first-order chi connectivity index (χ1) is 11.0. The second-order valence-corrected chi connectivity index (χ2v) is 8.04. The van der Waals surface area contributed by atoms with E-state index in [4.69, 9.17) is 4.52 Å². The lowest BCUT2D eigenvalue weighted by Gasteiger charge is -2.34. The van der Waals surface area contributed by atoms with Gasteiger partial charge in [-0.15, -0.1) is 0 Å². The molecule has 0 radical (unpaired) electrons. The van der Waals surface area contributed by atoms with E-state index in [1.54, 1.807) is 0 Å². The largest absolute Gasteiger partial charge is 0.337 e. The molecule has 2 N–H and O–H groups in total. The first-order valence-corrected chi connectivity index (χ1v) is 8.46. The van der Waals surface area contributed by atoms with Crippen molar-refractivity contribution in [3.8, 4) is 11.6 Å². The summed E-state index contributed by atoms with van der Waals surface area (Å²) in [6.45, 7) is 6.61. The monoisotopic (exact) mass is 316 g/mol. The fourth-order valence-corrected chi connectivity index (χ4v) is 4.12. The molecule has 2 bridgehead atoms. The van der Waals surface area contributed by atoms with E-state index in [2.05, 4.69) is 51.4 Å². The Hall–Kier alpha value is -1.76. The molecule has 0 saturated heterocycles. The van der Waals surface area contributed by atoms with Gasteiger partial charge in [-0.1, -0.05) is 32.3 Å². The summed E-state index contributed by atoms with van der Waals surface area (Å²) >= 11 is 0. The number of aromatic amines is 1. The standard InChI is InChI=1S/C16H24N6O/c1-16(2,3)12(19-11-7-9-4-5-10(11)6-9)15-20-14(22-23-15)13-17-8-18-21-13/h8-12,19H,4-7H2,1-3H3,(H,17,18,21)/t9-,10-,11-,12+/m0/s1. The molecule has 2 aromatic rings. The Balaban J connectivity index is 1.56. The van der Waals surface area contributed by atoms with E-state index in [9.17, 15) is 0 Å². The van der Waals surface area contributed by atoms with Crippen molar-refractivity contribution in [1.29, 1.82) is 0 Å². The summed E-state index contributed by atoms with van der Waals surface area (Å²) < 4.78 is 5.56. The van der Waals surface area contributed by atoms with Gasteiger partial charge in [0.05, 0.1) is 6.04 Å². The Morgan fingerprint density at radius 2 is 2.17 bits per heavy atom. The summed E-state index contributed by atoms with van der Waals surface area (Å²) in [7, 11) is 0. The number of H-pyrrole nitrogens is 1. The number of aromatic nitrogens is 5. The Kier molecular flexibility index (Phi) is 3.48. The third-order valence-corrected chi connectivity index (χ3v) is 5.30. The number of nitrogens with zero attached hydrogens (tertiary/aromatic N) is 4. The van der Waals surface area contributed by atoms with Gasteiger partial charge in [-0.2, -0.15) is 10.1 Å². The topological polar surface area (TPSA) is 92.5 Å². The van der Waals surface area contributed by atoms with Crippen molar-refractivity contribution in [1.82, 2.24) is 30.6 Å². The molecule has 23 heavy (non-hydrogen) atoms. The van der Waals surface area contributed by atoms with Gasteiger partial charge in [0.15, 0.2) is 5.82 Å². The molecule has 2 fully saturated rings. The molecular formula is C16H24N6O. The maximum Gasteiger partial charge on any atom is 0.244 e. The van der Waals surface area contributed by atoms with E-state index in [0.717, 1.165) is 11.8 Å². The molecule has 0 aliphatic heterocycles. The summed E-state index contributed by atoms with van der Waals surface area (Å²) in [5.41, 5.74) is -0.00689. The lowest BCUT2D eigenvalue weighted by molar-refractivity contribution is 0.177. The van der Waals surface area contributed by atoms with Crippen LogP contribution < -0.4 is 5.32 Å². The SMILES string of the molecule is CC(C)(C)[C@H](N[C@H]1C[C@H]2CC[C@H]1C2)c1nc(-c2ncn[nH]2)no1. The van der Waals surface area contributed by atoms with Gasteiger partial charge < -0.3 is 9.84 Å². The van der Waals surface area contributed by atoms with Crippen LogP contribution in [0.1, 0.15) is 58.4 Å². The van der Waals surface area contributed by atoms with Gasteiger partial charge in [0.25, 0.3) is 0 Å². The van der Waals surface area contributed by atoms with Gasteiger partial charge in [0.1, 0.15) is 6.33 Å². The van der Waals surface area contributed by atoms with Crippen molar-refractivity contribution in [3.63, 3.8) is 0 Å². The first-order valence-electron chi connectivity index (χ1n) is 8.46. The zero-order chi connectivity index (χ0) is 16.0. The molecule has 2 aliphatic carbocycles. The second kappa shape index (κ2) is 5.40. The van der Waals surface area contributed by atoms with Gasteiger partial charge >= 0.3 is 0 Å². The highest BCUT2D eigenvalue weighted by molar-refractivity contribution is 5.39. The Morgan fingerprint density at radius 3 is 2.78 bits per heavy atom. The number of nitrogens with one attached hydrogen (secondary N) is 2. The van der Waals surface area contributed by atoms with E-state index in [0.29, 0.717) is 23.6 Å². The highest BCUT2D eigenvalue weighted by atomic mass is 16.5. The van der Waals surface area contributed by atoms with Crippen molar-refractivity contribution >= 4 is 0 Å². The molecule has 4 atom stereocenters. The van der Waals surface area contributed by atoms with Crippen LogP contribution in [0.15, 0.2) is 10.9 Å². The summed E-state index contributed by atoms with van der Waals surface area (Å²) in [5, 5.41) is 14.5. The van der Waals surface area contributed by atoms with Crippen LogP contribution in [0.4, 0.5) is 0 Å². The Bertz CT molecular complexity index is 658. The van der Waals surface area contributed by atoms with Crippen LogP contribution in [0.3, 0.4) is 0 Å². The molecule has 0 unspecified atom stereocenters. The highest BCUT2D eigenvalue weighted by Crippen LogP contribution is 2.46. The van der Waals surface area contributed by atoms with Crippen molar-refractivity contribution in [3.05, 3.63) is 12.2 Å². The lowest BCUT2D eigenvalue weighted by Crippen LogP contribution is -2.42. The molecule has 7 heteroatoms. The summed E-state index contributed by atoms with van der Waals surface area (Å²) in [6.07, 6.45) is 6.85. The Labute approximate surface area is 135 Å². The van der Waals surface area contributed by atoms with Crippen molar-refractivity contribution in [2.75, 3.05) is 0 Å². The second-order valence-electron chi connectivity index (χ2n) is 8.04. The minimum Gasteiger partial charge on any atom is -0.337 e. The van der Waals surface area contributed by atoms with Gasteiger partial charge in [-0.25, -0.2) is 4.98 Å². The number of fused-ring (bicyclic) bond motifs is 2. The average Bonchev–Trinajstić information content (AvgIpc) is 3.25. The highest BCUT2D eigenvalue weighted by Gasteiger charge is 2.43. The molecule has 4 rings (SSSR count). The quantitative estimate of drug-likeness (QED) is 0.901. The van der Waals surface area contributed by atoms with Crippen LogP contribution in [0.2, 0.25) is 0 Å². The molecular weight excluding hydrogens is 292 g/mol. The number of hydrogen-bond donors (Lipinski definition) is 2. The van der Waals surface area contributed by atoms with Gasteiger partial charge in [0, 0.05) is 6.04 Å². The molecule has 2 aromatic heterocycles. The zero-order valence-electron chi connectivity index (χ0n) is 13.9. The van der Waals surface area contributed by atoms with Crippen LogP contribution in [-0.4, -0.2) is 31.4 Å². The predicted octanol–water partition coefficient (Wildman–Crippen LogP) is 2.72. The van der Waals surface area contributed by atoms with E-state index in [1.807, 2.05) is 0 Å². The maximum atomic E-state index is 5.56. The number of hydrogen-bond acceptors (Lipinski definition) is 6. The molecule has 2 aliphatic rings. The number of rotatable bonds is 4. The average molecular weight is 316 g/mol. The van der Waals surface area contributed by atoms with Crippen LogP contribution in [0.25, 0.3) is 11.6 Å². The molecule has 0 spiro atoms. The van der Waals surface area contributed by atoms with E-state index in [-0.39, 0.29) is 11.5 Å². The van der Waals surface area contributed by atoms with Gasteiger partial charge in [-0.05, 0) is 36.5 Å². The predicted molar refractivity (Wildman–Crippen MR) is 84.2 cm³/mol. The minimum atomic E-state index is -0.00689. The van der Waals surface area contributed by atoms with Crippen LogP contribution >= 0.6 is 0 Å². The molecule has 0 amide bonds. The lowest BCUT2D eigenvalue weighted by atomic mass is 9.84. The Morgan fingerprint density at radius 1 is 1.30 bits per heavy atom. The van der Waals surface area contributed by atoms with Crippen LogP contribution in [-0.2, 0) is 0 Å². The minimum absolute atomic E-state index is 0.00689. The molecule has 2 saturated carbocycles. The molecule has 2 heterocycles. The van der Waals surface area contributed by atoms with Gasteiger partial charge in [-0.3, -0.25) is 5.10 Å². The molecule has 7 nitrogen and oxygen atoms in total. The van der Waals surface area contributed by atoms with E-state index >= 15 is 0 Å². The van der Waals surface area contributed by atoms with Gasteiger partial charge in [0.2, 0.25) is 11.7 Å². The van der Waals surface area contributed by atoms with Crippen molar-refractivity contribution in [2.24, 2.45) is 17.3 Å². The fraction of sp³-hybridized carbons (Fsp3) is 0.750. The van der Waals surface area contributed by atoms with Crippen LogP contribution in [0.5, 0.6) is 0 Å². The van der Waals surface area contributed by atoms with E-state index in [1.165, 1.54) is 32.0 Å². The van der Waals surface area contributed by atoms with E-state index < -0.39 is 0 Å². The third kappa shape index (κ3) is 2.78. The first kappa shape index (κ1) is 14.8. The zero-order valence-corrected chi connectivity index (χ0v) is 13.9. The smallest absolute Gasteiger partial charge is 0.244 e. The molecule has 0 aromatic carbocycles. The third-order valence-electron chi connectivity index (χ3n) is 5.30. The van der Waals surface area contributed by atoms with Crippen molar-refractivity contribution < 1.29 is 4.52 Å². The van der Waals surface area contributed by atoms with Crippen LogP contribution in [0, 0.1) is 17.3 Å². The summed E-state index contributed by atoms with van der Waals surface area (Å²) in [6, 6.07) is 0.606. The fourth-order valence-electron chi connectivity index (χ4n) is 4.12.